The van der Waals surface area contributed by atoms with Crippen LogP contribution in [-0.4, -0.2) is 0 Å². The van der Waals surface area contributed by atoms with E-state index < -0.39 is 0 Å². The monoisotopic (exact) mass is 163 g/mol. The molecule has 2 nitrogen and oxygen atoms in total. The molecule has 0 aliphatic heterocycles. The lowest BCUT2D eigenvalue weighted by atomic mass is 10.1. The number of rotatable bonds is 2. The predicted molar refractivity (Wildman–Crippen MR) is 48.4 cm³/mol. The lowest BCUT2D eigenvalue weighted by Crippen LogP contribution is -2.09. The molecule has 0 aliphatic carbocycles. The van der Waals surface area contributed by atoms with E-state index in [0.29, 0.717) is 6.42 Å². The van der Waals surface area contributed by atoms with Crippen LogP contribution in [0.1, 0.15) is 30.7 Å². The predicted octanol–water partition coefficient (Wildman–Crippen LogP) is 2.00. The molecule has 0 aromatic carbocycles. The molecule has 0 radical (unpaired) electrons. The van der Waals surface area contributed by atoms with Crippen LogP contribution in [0.3, 0.4) is 0 Å². The van der Waals surface area contributed by atoms with Gasteiger partial charge in [0.25, 0.3) is 0 Å². The minimum Gasteiger partial charge on any atom is -0.469 e. The Balaban J connectivity index is 2.68. The van der Waals surface area contributed by atoms with E-state index in [1.54, 1.807) is 6.26 Å². The molecular weight excluding hydrogens is 150 g/mol. The molecule has 1 aromatic heterocycles. The number of hydrogen-bond donors (Lipinski definition) is 1. The highest BCUT2D eigenvalue weighted by Gasteiger charge is 2.08. The fourth-order valence-electron chi connectivity index (χ4n) is 1.10. The maximum absolute atomic E-state index is 5.86. The normalized spacial score (nSPS) is 11.9. The van der Waals surface area contributed by atoms with Gasteiger partial charge in [-0.15, -0.1) is 11.8 Å². The average Bonchev–Trinajstić information content (AvgIpc) is 2.47. The standard InChI is InChI=1S/C10H13NO/c1-3-4-5-10(11)9-6-7-12-8(9)2/h6-7,10H,5,11H2,1-2H3. The summed E-state index contributed by atoms with van der Waals surface area (Å²) in [6, 6.07) is 1.88. The average molecular weight is 163 g/mol. The Kier molecular flexibility index (Phi) is 2.95. The van der Waals surface area contributed by atoms with Crippen LogP contribution in [0.4, 0.5) is 0 Å². The molecule has 0 spiro atoms. The molecule has 1 rings (SSSR count). The minimum absolute atomic E-state index is 0.0174. The maximum Gasteiger partial charge on any atom is 0.105 e. The lowest BCUT2D eigenvalue weighted by Gasteiger charge is -2.05. The fraction of sp³-hybridized carbons (Fsp3) is 0.400. The van der Waals surface area contributed by atoms with Crippen LogP contribution in [0.2, 0.25) is 0 Å². The van der Waals surface area contributed by atoms with E-state index in [1.807, 2.05) is 19.9 Å². The van der Waals surface area contributed by atoms with Gasteiger partial charge < -0.3 is 10.2 Å². The molecule has 0 amide bonds. The molecule has 1 unspecified atom stereocenters. The van der Waals surface area contributed by atoms with Crippen molar-refractivity contribution < 1.29 is 4.42 Å². The Morgan fingerprint density at radius 1 is 1.67 bits per heavy atom. The van der Waals surface area contributed by atoms with Crippen molar-refractivity contribution in [1.29, 1.82) is 0 Å². The highest BCUT2D eigenvalue weighted by molar-refractivity contribution is 5.21. The van der Waals surface area contributed by atoms with Crippen LogP contribution < -0.4 is 5.73 Å². The summed E-state index contributed by atoms with van der Waals surface area (Å²) < 4.78 is 5.14. The number of furan rings is 1. The van der Waals surface area contributed by atoms with Crippen LogP contribution >= 0.6 is 0 Å². The second kappa shape index (κ2) is 3.99. The van der Waals surface area contributed by atoms with E-state index in [0.717, 1.165) is 11.3 Å². The largest absolute Gasteiger partial charge is 0.469 e. The van der Waals surface area contributed by atoms with E-state index >= 15 is 0 Å². The number of aryl methyl sites for hydroxylation is 1. The SMILES string of the molecule is CC#CCC(N)c1ccoc1C. The highest BCUT2D eigenvalue weighted by Crippen LogP contribution is 2.18. The summed E-state index contributed by atoms with van der Waals surface area (Å²) in [5, 5.41) is 0. The molecule has 2 heteroatoms. The summed E-state index contributed by atoms with van der Waals surface area (Å²) in [5.74, 6) is 6.66. The molecule has 1 aromatic rings. The van der Waals surface area contributed by atoms with E-state index in [-0.39, 0.29) is 6.04 Å². The van der Waals surface area contributed by atoms with Gasteiger partial charge in [0, 0.05) is 18.0 Å². The zero-order valence-electron chi connectivity index (χ0n) is 7.42. The Labute approximate surface area is 72.8 Å². The van der Waals surface area contributed by atoms with Crippen LogP contribution in [0.15, 0.2) is 16.7 Å². The quantitative estimate of drug-likeness (QED) is 0.677. The lowest BCUT2D eigenvalue weighted by molar-refractivity contribution is 0.525. The highest BCUT2D eigenvalue weighted by atomic mass is 16.3. The summed E-state index contributed by atoms with van der Waals surface area (Å²) in [5.41, 5.74) is 6.92. The van der Waals surface area contributed by atoms with Gasteiger partial charge in [0.15, 0.2) is 0 Å². The summed E-state index contributed by atoms with van der Waals surface area (Å²) in [6.07, 6.45) is 2.35. The summed E-state index contributed by atoms with van der Waals surface area (Å²) in [6.45, 7) is 3.73. The van der Waals surface area contributed by atoms with Gasteiger partial charge in [-0.3, -0.25) is 0 Å². The first-order chi connectivity index (χ1) is 5.75. The molecule has 1 atom stereocenters. The third kappa shape index (κ3) is 1.90. The van der Waals surface area contributed by atoms with Gasteiger partial charge in [-0.2, -0.15) is 0 Å². The van der Waals surface area contributed by atoms with E-state index in [1.165, 1.54) is 0 Å². The maximum atomic E-state index is 5.86. The molecule has 0 aliphatic rings. The Morgan fingerprint density at radius 2 is 2.42 bits per heavy atom. The number of nitrogens with two attached hydrogens (primary N) is 1. The number of hydrogen-bond acceptors (Lipinski definition) is 2. The van der Waals surface area contributed by atoms with Crippen molar-refractivity contribution in [2.75, 3.05) is 0 Å². The van der Waals surface area contributed by atoms with Crippen LogP contribution in [0.25, 0.3) is 0 Å². The van der Waals surface area contributed by atoms with Gasteiger partial charge in [0.2, 0.25) is 0 Å². The smallest absolute Gasteiger partial charge is 0.105 e. The molecule has 0 saturated carbocycles. The third-order valence-electron chi connectivity index (χ3n) is 1.80. The van der Waals surface area contributed by atoms with Crippen molar-refractivity contribution in [1.82, 2.24) is 0 Å². The van der Waals surface area contributed by atoms with Crippen LogP contribution in [0, 0.1) is 18.8 Å². The summed E-state index contributed by atoms with van der Waals surface area (Å²) in [4.78, 5) is 0. The zero-order valence-corrected chi connectivity index (χ0v) is 7.42. The second-order valence-corrected chi connectivity index (χ2v) is 2.67. The van der Waals surface area contributed by atoms with Crippen molar-refractivity contribution in [3.8, 4) is 11.8 Å². The molecule has 64 valence electrons. The van der Waals surface area contributed by atoms with Crippen LogP contribution in [-0.2, 0) is 0 Å². The summed E-state index contributed by atoms with van der Waals surface area (Å²) in [7, 11) is 0. The molecule has 12 heavy (non-hydrogen) atoms. The van der Waals surface area contributed by atoms with E-state index in [9.17, 15) is 0 Å². The third-order valence-corrected chi connectivity index (χ3v) is 1.80. The fourth-order valence-corrected chi connectivity index (χ4v) is 1.10. The van der Waals surface area contributed by atoms with Gasteiger partial charge in [0.1, 0.15) is 5.76 Å². The van der Waals surface area contributed by atoms with Crippen molar-refractivity contribution >= 4 is 0 Å². The molecule has 2 N–H and O–H groups in total. The molecule has 0 saturated heterocycles. The Hall–Kier alpha value is -1.20. The van der Waals surface area contributed by atoms with Gasteiger partial charge in [-0.05, 0) is 19.9 Å². The molecule has 1 heterocycles. The first kappa shape index (κ1) is 8.89. The second-order valence-electron chi connectivity index (χ2n) is 2.67. The van der Waals surface area contributed by atoms with Crippen molar-refractivity contribution in [2.45, 2.75) is 26.3 Å². The van der Waals surface area contributed by atoms with E-state index in [2.05, 4.69) is 11.8 Å². The minimum atomic E-state index is -0.0174. The molecular formula is C10H13NO. The van der Waals surface area contributed by atoms with Gasteiger partial charge in [-0.25, -0.2) is 0 Å². The van der Waals surface area contributed by atoms with Crippen molar-refractivity contribution in [3.63, 3.8) is 0 Å². The first-order valence-corrected chi connectivity index (χ1v) is 3.95. The van der Waals surface area contributed by atoms with Crippen LogP contribution in [0.5, 0.6) is 0 Å². The first-order valence-electron chi connectivity index (χ1n) is 3.95. The molecule has 0 bridgehead atoms. The zero-order chi connectivity index (χ0) is 8.97. The summed E-state index contributed by atoms with van der Waals surface area (Å²) >= 11 is 0. The van der Waals surface area contributed by atoms with Gasteiger partial charge in [-0.1, -0.05) is 0 Å². The topological polar surface area (TPSA) is 39.2 Å². The van der Waals surface area contributed by atoms with Gasteiger partial charge in [0.05, 0.1) is 6.26 Å². The Morgan fingerprint density at radius 3 is 2.92 bits per heavy atom. The van der Waals surface area contributed by atoms with Gasteiger partial charge >= 0.3 is 0 Å². The Bertz CT molecular complexity index is 303. The molecule has 0 fully saturated rings. The van der Waals surface area contributed by atoms with E-state index in [4.69, 9.17) is 10.2 Å². The van der Waals surface area contributed by atoms with Crippen molar-refractivity contribution in [3.05, 3.63) is 23.7 Å². The van der Waals surface area contributed by atoms with Crippen molar-refractivity contribution in [2.24, 2.45) is 5.73 Å².